The second kappa shape index (κ2) is 4.78. The highest BCUT2D eigenvalue weighted by atomic mass is 32.1. The van der Waals surface area contributed by atoms with E-state index in [1.165, 1.54) is 21.3 Å². The topological polar surface area (TPSA) is 36.9 Å². The van der Waals surface area contributed by atoms with E-state index >= 15 is 0 Å². The minimum atomic E-state index is -2.92. The predicted molar refractivity (Wildman–Crippen MR) is 46.1 cm³/mol. The fourth-order valence-corrected chi connectivity index (χ4v) is 1.96. The summed E-state index contributed by atoms with van der Waals surface area (Å²) in [6, 6.07) is 0. The molecule has 0 spiro atoms. The first kappa shape index (κ1) is 11.0. The lowest BCUT2D eigenvalue weighted by molar-refractivity contribution is 0.0477. The Kier molecular flexibility index (Phi) is 4.78. The average Bonchev–Trinajstić information content (AvgIpc) is 2.00. The van der Waals surface area contributed by atoms with E-state index in [0.717, 1.165) is 0 Å². The molecule has 0 rings (SSSR count). The Morgan fingerprint density at radius 1 is 1.09 bits per heavy atom. The summed E-state index contributed by atoms with van der Waals surface area (Å²) in [5.74, 6) is 0. The molecule has 0 bridgehead atoms. The molecule has 0 saturated carbocycles. The molecule has 0 aromatic carbocycles. The molecule has 0 aliphatic heterocycles. The molecule has 0 aliphatic rings. The van der Waals surface area contributed by atoms with Gasteiger partial charge in [0.15, 0.2) is 0 Å². The van der Waals surface area contributed by atoms with E-state index in [0.29, 0.717) is 5.05 Å². The monoisotopic (exact) mass is 196 g/mol. The Bertz CT molecular complexity index is 128. The number of hydrogen-bond donors (Lipinski definition) is 0. The first-order valence-corrected chi connectivity index (χ1v) is 4.99. The fourth-order valence-electron chi connectivity index (χ4n) is 0.551. The molecule has 0 radical (unpaired) electrons. The molecule has 0 aliphatic carbocycles. The van der Waals surface area contributed by atoms with Gasteiger partial charge in [0, 0.05) is 28.3 Å². The second-order valence-corrected chi connectivity index (χ2v) is 4.71. The van der Waals surface area contributed by atoms with Gasteiger partial charge in [-0.15, -0.1) is 0 Å². The summed E-state index contributed by atoms with van der Waals surface area (Å²) in [5, 5.41) is 0.349. The molecule has 0 heterocycles. The molecule has 0 unspecified atom stereocenters. The van der Waals surface area contributed by atoms with Gasteiger partial charge in [-0.05, 0) is 12.2 Å². The summed E-state index contributed by atoms with van der Waals surface area (Å²) in [6.45, 7) is 1.63. The van der Waals surface area contributed by atoms with Gasteiger partial charge in [0.05, 0.1) is 0 Å². The van der Waals surface area contributed by atoms with Gasteiger partial charge in [0.1, 0.15) is 5.05 Å². The quantitative estimate of drug-likeness (QED) is 0.489. The van der Waals surface area contributed by atoms with Gasteiger partial charge in [-0.3, -0.25) is 0 Å². The van der Waals surface area contributed by atoms with Crippen LogP contribution < -0.4 is 0 Å². The molecule has 4 nitrogen and oxygen atoms in total. The van der Waals surface area contributed by atoms with Gasteiger partial charge < -0.3 is 17.7 Å². The minimum absolute atomic E-state index is 0.349. The number of hydrogen-bond acceptors (Lipinski definition) is 5. The van der Waals surface area contributed by atoms with Crippen LogP contribution in [0.2, 0.25) is 0 Å². The summed E-state index contributed by atoms with van der Waals surface area (Å²) in [4.78, 5) is 0. The van der Waals surface area contributed by atoms with Crippen LogP contribution in [0.15, 0.2) is 0 Å². The molecule has 0 saturated heterocycles. The van der Waals surface area contributed by atoms with Crippen LogP contribution in [0.1, 0.15) is 6.92 Å². The van der Waals surface area contributed by atoms with Crippen molar-refractivity contribution in [1.82, 2.24) is 0 Å². The van der Waals surface area contributed by atoms with Crippen LogP contribution in [-0.4, -0.2) is 35.4 Å². The molecular weight excluding hydrogens is 184 g/mol. The van der Waals surface area contributed by atoms with Crippen LogP contribution in [0.4, 0.5) is 0 Å². The fraction of sp³-hybridized carbons (Fsp3) is 0.800. The van der Waals surface area contributed by atoms with E-state index in [4.69, 9.17) is 29.9 Å². The van der Waals surface area contributed by atoms with Gasteiger partial charge >= 0.3 is 9.05 Å². The van der Waals surface area contributed by atoms with Gasteiger partial charge in [0.2, 0.25) is 0 Å². The smallest absolute Gasteiger partial charge is 0.474 e. The van der Waals surface area contributed by atoms with E-state index in [1.54, 1.807) is 6.92 Å². The van der Waals surface area contributed by atoms with Crippen molar-refractivity contribution in [1.29, 1.82) is 0 Å². The van der Waals surface area contributed by atoms with E-state index in [-0.39, 0.29) is 0 Å². The Morgan fingerprint density at radius 2 is 1.45 bits per heavy atom. The maximum atomic E-state index is 5.09. The van der Waals surface area contributed by atoms with E-state index in [2.05, 4.69) is 0 Å². The van der Waals surface area contributed by atoms with Crippen LogP contribution in [0.5, 0.6) is 0 Å². The Labute approximate surface area is 72.9 Å². The van der Waals surface area contributed by atoms with Crippen molar-refractivity contribution in [2.75, 3.05) is 21.3 Å². The standard InChI is InChI=1S/C5H12O4SSi/c1-5(10)9-11(6-2,7-3)8-4/h1-4H3. The molecule has 0 fully saturated rings. The first-order valence-electron chi connectivity index (χ1n) is 2.95. The molecular formula is C5H12O4SSi. The third-order valence-corrected chi connectivity index (χ3v) is 3.31. The zero-order valence-electron chi connectivity index (χ0n) is 7.04. The summed E-state index contributed by atoms with van der Waals surface area (Å²) in [6.07, 6.45) is 0. The van der Waals surface area contributed by atoms with Crippen LogP contribution >= 0.6 is 12.2 Å². The molecule has 0 aromatic rings. The van der Waals surface area contributed by atoms with Gasteiger partial charge in [-0.1, -0.05) is 0 Å². The Balaban J connectivity index is 4.16. The van der Waals surface area contributed by atoms with Crippen molar-refractivity contribution in [3.63, 3.8) is 0 Å². The van der Waals surface area contributed by atoms with Crippen molar-refractivity contribution in [3.05, 3.63) is 0 Å². The predicted octanol–water partition coefficient (Wildman–Crippen LogP) is 0.725. The lowest BCUT2D eigenvalue weighted by Gasteiger charge is -2.22. The summed E-state index contributed by atoms with van der Waals surface area (Å²) in [7, 11) is 1.45. The largest absolute Gasteiger partial charge is 0.749 e. The lowest BCUT2D eigenvalue weighted by Crippen LogP contribution is -2.47. The number of thiocarbonyl (C=S) groups is 1. The number of rotatable bonds is 4. The molecule has 0 amide bonds. The van der Waals surface area contributed by atoms with Gasteiger partial charge in [-0.2, -0.15) is 0 Å². The van der Waals surface area contributed by atoms with Gasteiger partial charge in [-0.25, -0.2) is 0 Å². The van der Waals surface area contributed by atoms with E-state index in [9.17, 15) is 0 Å². The average molecular weight is 196 g/mol. The van der Waals surface area contributed by atoms with Crippen molar-refractivity contribution in [2.45, 2.75) is 6.92 Å². The highest BCUT2D eigenvalue weighted by Crippen LogP contribution is 2.08. The first-order chi connectivity index (χ1) is 5.10. The van der Waals surface area contributed by atoms with E-state index < -0.39 is 9.05 Å². The molecule has 0 N–H and O–H groups in total. The van der Waals surface area contributed by atoms with Crippen LogP contribution in [-0.2, 0) is 17.7 Å². The van der Waals surface area contributed by atoms with Crippen LogP contribution in [0.25, 0.3) is 0 Å². The Morgan fingerprint density at radius 3 is 1.55 bits per heavy atom. The third-order valence-electron chi connectivity index (χ3n) is 1.02. The summed E-state index contributed by atoms with van der Waals surface area (Å²) < 4.78 is 19.9. The SMILES string of the molecule is CO[Si](OC)(OC)OC(C)=S. The van der Waals surface area contributed by atoms with Gasteiger partial charge in [0.25, 0.3) is 0 Å². The highest BCUT2D eigenvalue weighted by Gasteiger charge is 2.45. The van der Waals surface area contributed by atoms with Crippen molar-refractivity contribution < 1.29 is 17.7 Å². The lowest BCUT2D eigenvalue weighted by atomic mass is 10.9. The van der Waals surface area contributed by atoms with E-state index in [1.807, 2.05) is 0 Å². The Hall–Kier alpha value is -0.0131. The van der Waals surface area contributed by atoms with Crippen molar-refractivity contribution >= 4 is 26.3 Å². The summed E-state index contributed by atoms with van der Waals surface area (Å²) in [5.41, 5.74) is 0. The normalized spacial score (nSPS) is 11.3. The molecule has 66 valence electrons. The molecule has 11 heavy (non-hydrogen) atoms. The molecule has 0 atom stereocenters. The van der Waals surface area contributed by atoms with Crippen molar-refractivity contribution in [2.24, 2.45) is 0 Å². The molecule has 0 aromatic heterocycles. The molecule has 6 heteroatoms. The van der Waals surface area contributed by atoms with Crippen LogP contribution in [0, 0.1) is 0 Å². The van der Waals surface area contributed by atoms with Crippen molar-refractivity contribution in [3.8, 4) is 0 Å². The third kappa shape index (κ3) is 3.26. The highest BCUT2D eigenvalue weighted by molar-refractivity contribution is 7.80. The summed E-state index contributed by atoms with van der Waals surface area (Å²) >= 11 is 4.72. The minimum Gasteiger partial charge on any atom is -0.474 e. The zero-order chi connectivity index (χ0) is 8.91. The van der Waals surface area contributed by atoms with Crippen LogP contribution in [0.3, 0.4) is 0 Å². The maximum absolute atomic E-state index is 5.09. The zero-order valence-corrected chi connectivity index (χ0v) is 8.86. The second-order valence-electron chi connectivity index (χ2n) is 1.71. The maximum Gasteiger partial charge on any atom is 0.749 e.